The minimum Gasteiger partial charge on any atom is -0.365 e. The summed E-state index contributed by atoms with van der Waals surface area (Å²) < 4.78 is 11.0. The summed E-state index contributed by atoms with van der Waals surface area (Å²) >= 11 is 1.28. The van der Waals surface area contributed by atoms with E-state index in [1.54, 1.807) is 18.2 Å². The number of ether oxygens (including phenoxy) is 1. The maximum Gasteiger partial charge on any atom is 0.258 e. The van der Waals surface area contributed by atoms with Crippen LogP contribution in [-0.2, 0) is 4.74 Å². The third kappa shape index (κ3) is 4.27. The Balaban J connectivity index is 1.39. The van der Waals surface area contributed by atoms with Gasteiger partial charge in [0.1, 0.15) is 11.9 Å². The molecule has 0 spiro atoms. The van der Waals surface area contributed by atoms with Gasteiger partial charge >= 0.3 is 0 Å². The molecule has 5 N–H and O–H groups in total. The Morgan fingerprint density at radius 1 is 1.22 bits per heavy atom. The van der Waals surface area contributed by atoms with Gasteiger partial charge in [-0.05, 0) is 36.4 Å². The monoisotopic (exact) mass is 385 g/mol. The Labute approximate surface area is 159 Å². The molecule has 1 unspecified atom stereocenters. The molecular weight excluding hydrogens is 366 g/mol. The third-order valence-electron chi connectivity index (χ3n) is 4.02. The molecule has 8 nitrogen and oxygen atoms in total. The molecule has 140 valence electrons. The van der Waals surface area contributed by atoms with Crippen LogP contribution in [0, 0.1) is 0 Å². The van der Waals surface area contributed by atoms with Crippen LogP contribution in [0.3, 0.4) is 0 Å². The van der Waals surface area contributed by atoms with E-state index in [2.05, 4.69) is 21.1 Å². The summed E-state index contributed by atoms with van der Waals surface area (Å²) in [6.45, 7) is 2.37. The second kappa shape index (κ2) is 7.78. The minimum absolute atomic E-state index is 0.0227. The van der Waals surface area contributed by atoms with Gasteiger partial charge in [0.2, 0.25) is 5.88 Å². The molecule has 9 heteroatoms. The number of carbonyl (C=O) groups is 1. The van der Waals surface area contributed by atoms with Crippen molar-refractivity contribution in [1.29, 1.82) is 0 Å². The molecule has 1 atom stereocenters. The van der Waals surface area contributed by atoms with Crippen molar-refractivity contribution in [1.82, 2.24) is 10.5 Å². The molecule has 0 radical (unpaired) electrons. The lowest BCUT2D eigenvalue weighted by Gasteiger charge is -2.25. The molecule has 1 saturated heterocycles. The van der Waals surface area contributed by atoms with Crippen LogP contribution in [0.4, 0.5) is 17.3 Å². The molecule has 1 aromatic carbocycles. The first kappa shape index (κ1) is 17.5. The zero-order chi connectivity index (χ0) is 18.6. The molecule has 3 aromatic rings. The van der Waals surface area contributed by atoms with Gasteiger partial charge < -0.3 is 30.9 Å². The van der Waals surface area contributed by atoms with Crippen molar-refractivity contribution in [2.45, 2.75) is 6.23 Å². The number of amides is 1. The molecule has 1 aliphatic heterocycles. The number of morpholine rings is 1. The second-order valence-corrected chi connectivity index (χ2v) is 7.10. The summed E-state index contributed by atoms with van der Waals surface area (Å²) in [6, 6.07) is 13.1. The maximum atomic E-state index is 11.2. The Kier molecular flexibility index (Phi) is 5.05. The van der Waals surface area contributed by atoms with Gasteiger partial charge in [0.15, 0.2) is 0 Å². The van der Waals surface area contributed by atoms with Gasteiger partial charge in [-0.3, -0.25) is 4.79 Å². The number of anilines is 3. The van der Waals surface area contributed by atoms with Gasteiger partial charge in [0, 0.05) is 30.5 Å². The Bertz CT molecular complexity index is 915. The highest BCUT2D eigenvalue weighted by molar-refractivity contribution is 7.17. The summed E-state index contributed by atoms with van der Waals surface area (Å²) in [5.74, 6) is 0.0655. The summed E-state index contributed by atoms with van der Waals surface area (Å²) in [7, 11) is 0. The lowest BCUT2D eigenvalue weighted by Crippen LogP contribution is -2.42. The molecule has 1 aliphatic rings. The van der Waals surface area contributed by atoms with Crippen LogP contribution in [-0.4, -0.2) is 37.0 Å². The summed E-state index contributed by atoms with van der Waals surface area (Å²) in [4.78, 5) is 12.5. The second-order valence-electron chi connectivity index (χ2n) is 6.01. The summed E-state index contributed by atoms with van der Waals surface area (Å²) in [5.41, 5.74) is 7.78. The van der Waals surface area contributed by atoms with Crippen molar-refractivity contribution in [3.8, 4) is 10.6 Å². The number of aromatic nitrogens is 1. The number of benzene rings is 1. The van der Waals surface area contributed by atoms with E-state index in [1.165, 1.54) is 11.3 Å². The van der Waals surface area contributed by atoms with Crippen molar-refractivity contribution < 1.29 is 14.1 Å². The number of hydrogen-bond donors (Lipinski definition) is 4. The first-order valence-electron chi connectivity index (χ1n) is 8.50. The third-order valence-corrected chi connectivity index (χ3v) is 5.14. The standard InChI is InChI=1S/C18H19N5O3S/c19-18(24)15-6-5-14(27-15)13-9-16(26-23-13)21-11-1-3-12(4-2-11)22-17-10-20-7-8-25-17/h1-6,9,17,20-22H,7-8,10H2,(H2,19,24). The van der Waals surface area contributed by atoms with Gasteiger partial charge in [0.05, 0.1) is 16.4 Å². The predicted octanol–water partition coefficient (Wildman–Crippen LogP) is 2.60. The smallest absolute Gasteiger partial charge is 0.258 e. The lowest BCUT2D eigenvalue weighted by atomic mass is 10.2. The average molecular weight is 385 g/mol. The van der Waals surface area contributed by atoms with Gasteiger partial charge in [0.25, 0.3) is 5.91 Å². The van der Waals surface area contributed by atoms with Crippen LogP contribution in [0.2, 0.25) is 0 Å². The van der Waals surface area contributed by atoms with Gasteiger partial charge in [-0.25, -0.2) is 0 Å². The predicted molar refractivity (Wildman–Crippen MR) is 104 cm³/mol. The molecule has 0 aliphatic carbocycles. The highest BCUT2D eigenvalue weighted by Gasteiger charge is 2.13. The molecule has 27 heavy (non-hydrogen) atoms. The lowest BCUT2D eigenvalue weighted by molar-refractivity contribution is 0.0468. The van der Waals surface area contributed by atoms with Crippen molar-refractivity contribution in [3.05, 3.63) is 47.3 Å². The van der Waals surface area contributed by atoms with Gasteiger partial charge in [-0.1, -0.05) is 5.16 Å². The number of nitrogens with one attached hydrogen (secondary N) is 3. The van der Waals surface area contributed by atoms with E-state index in [1.807, 2.05) is 24.3 Å². The summed E-state index contributed by atoms with van der Waals surface area (Å²) in [6.07, 6.45) is -0.0227. The fourth-order valence-electron chi connectivity index (χ4n) is 2.69. The van der Waals surface area contributed by atoms with E-state index >= 15 is 0 Å². The first-order chi connectivity index (χ1) is 13.2. The molecule has 1 fully saturated rings. The number of nitrogens with two attached hydrogens (primary N) is 1. The highest BCUT2D eigenvalue weighted by atomic mass is 32.1. The van der Waals surface area contributed by atoms with Crippen LogP contribution >= 0.6 is 11.3 Å². The molecule has 0 bridgehead atoms. The minimum atomic E-state index is -0.448. The molecule has 2 aromatic heterocycles. The molecule has 4 rings (SSSR count). The molecule has 1 amide bonds. The number of primary amides is 1. The van der Waals surface area contributed by atoms with Crippen molar-refractivity contribution >= 4 is 34.5 Å². The van der Waals surface area contributed by atoms with Gasteiger partial charge in [-0.15, -0.1) is 11.3 Å². The van der Waals surface area contributed by atoms with E-state index in [-0.39, 0.29) is 6.23 Å². The maximum absolute atomic E-state index is 11.2. The van der Waals surface area contributed by atoms with Gasteiger partial charge in [-0.2, -0.15) is 0 Å². The molecule has 3 heterocycles. The van der Waals surface area contributed by atoms with E-state index in [0.717, 1.165) is 29.3 Å². The van der Waals surface area contributed by atoms with E-state index in [0.29, 0.717) is 23.1 Å². The number of nitrogens with zero attached hydrogens (tertiary/aromatic N) is 1. The fraction of sp³-hybridized carbons (Fsp3) is 0.222. The normalized spacial score (nSPS) is 16.8. The fourth-order valence-corrected chi connectivity index (χ4v) is 3.50. The Hall–Kier alpha value is -2.88. The molecule has 0 saturated carbocycles. The quantitative estimate of drug-likeness (QED) is 0.516. The largest absolute Gasteiger partial charge is 0.365 e. The SMILES string of the molecule is NC(=O)c1ccc(-c2cc(Nc3ccc(NC4CNCCO4)cc3)on2)s1. The number of carbonyl (C=O) groups excluding carboxylic acids is 1. The van der Waals surface area contributed by atoms with Crippen molar-refractivity contribution in [3.63, 3.8) is 0 Å². The summed E-state index contributed by atoms with van der Waals surface area (Å²) in [5, 5.41) is 13.8. The van der Waals surface area contributed by atoms with E-state index in [4.69, 9.17) is 15.0 Å². The topological polar surface area (TPSA) is 114 Å². The van der Waals surface area contributed by atoms with Crippen LogP contribution in [0.5, 0.6) is 0 Å². The van der Waals surface area contributed by atoms with Crippen LogP contribution < -0.4 is 21.7 Å². The number of hydrogen-bond acceptors (Lipinski definition) is 8. The van der Waals surface area contributed by atoms with Crippen molar-refractivity contribution in [2.75, 3.05) is 30.3 Å². The zero-order valence-electron chi connectivity index (χ0n) is 14.4. The number of thiophene rings is 1. The van der Waals surface area contributed by atoms with Crippen LogP contribution in [0.1, 0.15) is 9.67 Å². The number of rotatable bonds is 6. The highest BCUT2D eigenvalue weighted by Crippen LogP contribution is 2.30. The molecular formula is C18H19N5O3S. The van der Waals surface area contributed by atoms with E-state index in [9.17, 15) is 4.79 Å². The average Bonchev–Trinajstić information content (AvgIpc) is 3.34. The first-order valence-corrected chi connectivity index (χ1v) is 9.32. The van der Waals surface area contributed by atoms with Crippen molar-refractivity contribution in [2.24, 2.45) is 5.73 Å². The van der Waals surface area contributed by atoms with Crippen LogP contribution in [0.25, 0.3) is 10.6 Å². The Morgan fingerprint density at radius 2 is 2.04 bits per heavy atom. The zero-order valence-corrected chi connectivity index (χ0v) is 15.2. The van der Waals surface area contributed by atoms with Crippen LogP contribution in [0.15, 0.2) is 47.0 Å². The Morgan fingerprint density at radius 3 is 2.74 bits per heavy atom. The van der Waals surface area contributed by atoms with E-state index < -0.39 is 5.91 Å².